The van der Waals surface area contributed by atoms with Gasteiger partial charge < -0.3 is 36.2 Å². The first-order valence-electron chi connectivity index (χ1n) is 16.2. The molecule has 0 radical (unpaired) electrons. The van der Waals surface area contributed by atoms with E-state index in [1.54, 1.807) is 27.3 Å². The molecule has 0 aromatic heterocycles. The number of primary amides is 1. The van der Waals surface area contributed by atoms with Crippen LogP contribution in [0.5, 0.6) is 11.5 Å². The van der Waals surface area contributed by atoms with Crippen LogP contribution in [0.1, 0.15) is 62.6 Å². The van der Waals surface area contributed by atoms with Crippen LogP contribution < -0.4 is 15.8 Å². The Balaban J connectivity index is 1.62. The third kappa shape index (κ3) is 5.60. The van der Waals surface area contributed by atoms with Crippen LogP contribution in [0.2, 0.25) is 0 Å². The third-order valence-electron chi connectivity index (χ3n) is 10.2. The summed E-state index contributed by atoms with van der Waals surface area (Å²) < 4.78 is 5.75. The molecule has 0 spiro atoms. The summed E-state index contributed by atoms with van der Waals surface area (Å²) in [4.78, 5) is 41.3. The van der Waals surface area contributed by atoms with Crippen LogP contribution in [0.25, 0.3) is 16.9 Å². The minimum absolute atomic E-state index is 0.0120. The van der Waals surface area contributed by atoms with Gasteiger partial charge in [0.1, 0.15) is 28.6 Å². The molecule has 1 fully saturated rings. The molecule has 5 atom stereocenters. The number of fused-ring (bicyclic) bond motifs is 3. The van der Waals surface area contributed by atoms with Crippen molar-refractivity contribution < 1.29 is 39.5 Å². The fourth-order valence-corrected chi connectivity index (χ4v) is 7.74. The van der Waals surface area contributed by atoms with Gasteiger partial charge in [0.05, 0.1) is 18.7 Å². The number of carbonyl (C=O) groups excluding carboxylic acids is 3. The van der Waals surface area contributed by atoms with Gasteiger partial charge in [0.2, 0.25) is 5.78 Å². The third-order valence-corrected chi connectivity index (χ3v) is 10.2. The molecule has 1 saturated carbocycles. The van der Waals surface area contributed by atoms with E-state index in [-0.39, 0.29) is 29.7 Å². The maximum Gasteiger partial charge on any atom is 0.255 e. The summed E-state index contributed by atoms with van der Waals surface area (Å²) in [5.74, 6) is -6.25. The standard InChI is InChI=1S/C36H45N3O8/c1-6-8-9-20(7-2)38-17-18-10-13-26(47-5)22(14-18)21-11-12-25(40)28-23(21)15-19-16-24-30(39(3)4)32(42)29(35(37)45)34(44)36(24,46)33(43)27(19)31(28)41/h10-14,19-20,24,30,38,40-41,44,46H,6-9,15-17H2,1-5H3,(H2,37,45)/t19-,20?,24-,30-,36-/m0/s1. The molecule has 2 aromatic rings. The van der Waals surface area contributed by atoms with Crippen molar-refractivity contribution in [3.8, 4) is 22.6 Å². The van der Waals surface area contributed by atoms with E-state index in [0.717, 1.165) is 36.8 Å². The second-order valence-electron chi connectivity index (χ2n) is 13.1. The highest BCUT2D eigenvalue weighted by molar-refractivity contribution is 6.24. The van der Waals surface area contributed by atoms with Gasteiger partial charge >= 0.3 is 0 Å². The van der Waals surface area contributed by atoms with Crippen molar-refractivity contribution in [1.82, 2.24) is 10.2 Å². The molecule has 1 unspecified atom stereocenters. The number of phenolic OH excluding ortho intramolecular Hbond substituents is 1. The minimum atomic E-state index is -2.68. The van der Waals surface area contributed by atoms with Crippen LogP contribution >= 0.6 is 0 Å². The molecule has 2 aromatic carbocycles. The molecular weight excluding hydrogens is 602 g/mol. The number of amides is 1. The Morgan fingerprint density at radius 2 is 1.85 bits per heavy atom. The fraction of sp³-hybridized carbons (Fsp3) is 0.472. The maximum atomic E-state index is 14.2. The zero-order valence-corrected chi connectivity index (χ0v) is 27.6. The molecule has 7 N–H and O–H groups in total. The molecule has 0 saturated heterocycles. The van der Waals surface area contributed by atoms with Crippen LogP contribution in [0.15, 0.2) is 47.2 Å². The van der Waals surface area contributed by atoms with Crippen molar-refractivity contribution in [3.63, 3.8) is 0 Å². The number of unbranched alkanes of at least 4 members (excludes halogenated alkanes) is 1. The molecule has 0 aliphatic heterocycles. The maximum absolute atomic E-state index is 14.2. The first-order valence-corrected chi connectivity index (χ1v) is 16.2. The predicted molar refractivity (Wildman–Crippen MR) is 177 cm³/mol. The molecule has 0 bridgehead atoms. The number of likely N-dealkylation sites (N-methyl/N-ethyl adjacent to an activating group) is 1. The number of ketones is 2. The summed E-state index contributed by atoms with van der Waals surface area (Å²) in [7, 11) is 4.72. The summed E-state index contributed by atoms with van der Waals surface area (Å²) in [6.45, 7) is 4.98. The Hall–Kier alpha value is -4.19. The van der Waals surface area contributed by atoms with Crippen molar-refractivity contribution in [1.29, 1.82) is 0 Å². The van der Waals surface area contributed by atoms with Crippen LogP contribution in [-0.4, -0.2) is 81.7 Å². The summed E-state index contributed by atoms with van der Waals surface area (Å²) in [6, 6.07) is 8.31. The number of Topliss-reactive ketones (excluding diaryl/α,β-unsaturated/α-hetero) is 2. The van der Waals surface area contributed by atoms with E-state index in [1.807, 2.05) is 18.2 Å². The number of phenols is 1. The SMILES string of the molecule is CCCCC(CC)NCc1ccc(OC)c(-c2ccc(O)c3c2C[C@H]2C[C@H]4[C@H](N(C)C)C(=O)C(C(N)=O)=C(O)[C@@]4(O)C(=O)C2=C3O)c1. The van der Waals surface area contributed by atoms with E-state index in [4.69, 9.17) is 10.5 Å². The van der Waals surface area contributed by atoms with Crippen molar-refractivity contribution in [2.24, 2.45) is 17.6 Å². The number of nitrogens with zero attached hydrogens (tertiary/aromatic N) is 1. The molecule has 11 nitrogen and oxygen atoms in total. The molecule has 47 heavy (non-hydrogen) atoms. The number of hydrogen-bond donors (Lipinski definition) is 6. The lowest BCUT2D eigenvalue weighted by molar-refractivity contribution is -0.153. The van der Waals surface area contributed by atoms with E-state index in [1.165, 1.54) is 11.0 Å². The van der Waals surface area contributed by atoms with Gasteiger partial charge in [-0.05, 0) is 80.6 Å². The van der Waals surface area contributed by atoms with Crippen molar-refractivity contribution >= 4 is 23.2 Å². The van der Waals surface area contributed by atoms with E-state index < -0.39 is 58.0 Å². The highest BCUT2D eigenvalue weighted by atomic mass is 16.5. The van der Waals surface area contributed by atoms with Gasteiger partial charge in [0.25, 0.3) is 5.91 Å². The van der Waals surface area contributed by atoms with Crippen LogP contribution in [0.3, 0.4) is 0 Å². The Bertz CT molecular complexity index is 1680. The monoisotopic (exact) mass is 647 g/mol. The lowest BCUT2D eigenvalue weighted by atomic mass is 9.57. The number of nitrogens with two attached hydrogens (primary N) is 1. The van der Waals surface area contributed by atoms with E-state index >= 15 is 0 Å². The number of methoxy groups -OCH3 is 1. The molecule has 11 heteroatoms. The number of hydrogen-bond acceptors (Lipinski definition) is 10. The van der Waals surface area contributed by atoms with Crippen LogP contribution in [0.4, 0.5) is 0 Å². The van der Waals surface area contributed by atoms with Gasteiger partial charge in [-0.2, -0.15) is 0 Å². The molecule has 1 amide bonds. The Morgan fingerprint density at radius 3 is 2.47 bits per heavy atom. The van der Waals surface area contributed by atoms with Gasteiger partial charge in [-0.1, -0.05) is 38.8 Å². The molecular formula is C36H45N3O8. The van der Waals surface area contributed by atoms with Crippen LogP contribution in [0, 0.1) is 11.8 Å². The largest absolute Gasteiger partial charge is 0.508 e. The topological polar surface area (TPSA) is 183 Å². The zero-order valence-electron chi connectivity index (χ0n) is 27.6. The van der Waals surface area contributed by atoms with E-state index in [0.29, 0.717) is 29.5 Å². The summed E-state index contributed by atoms with van der Waals surface area (Å²) in [5, 5.41) is 49.3. The van der Waals surface area contributed by atoms with Gasteiger partial charge in [-0.15, -0.1) is 0 Å². The highest BCUT2D eigenvalue weighted by Crippen LogP contribution is 2.54. The lowest BCUT2D eigenvalue weighted by Crippen LogP contribution is -2.65. The molecule has 5 rings (SSSR count). The summed E-state index contributed by atoms with van der Waals surface area (Å²) in [5.41, 5.74) is 4.77. The fourth-order valence-electron chi connectivity index (χ4n) is 7.74. The minimum Gasteiger partial charge on any atom is -0.508 e. The quantitative estimate of drug-likeness (QED) is 0.197. The number of ether oxygens (including phenoxy) is 1. The van der Waals surface area contributed by atoms with Gasteiger partial charge in [0, 0.05) is 29.6 Å². The number of aromatic hydroxyl groups is 1. The lowest BCUT2D eigenvalue weighted by Gasteiger charge is -2.50. The van der Waals surface area contributed by atoms with Crippen LogP contribution in [-0.2, 0) is 27.3 Å². The second-order valence-corrected chi connectivity index (χ2v) is 13.1. The van der Waals surface area contributed by atoms with Gasteiger partial charge in [0.15, 0.2) is 11.4 Å². The Labute approximate surface area is 274 Å². The second kappa shape index (κ2) is 13.1. The number of aliphatic hydroxyl groups is 3. The Morgan fingerprint density at radius 1 is 1.13 bits per heavy atom. The first kappa shape index (κ1) is 34.2. The van der Waals surface area contributed by atoms with Gasteiger partial charge in [-0.25, -0.2) is 0 Å². The average molecular weight is 648 g/mol. The predicted octanol–water partition coefficient (Wildman–Crippen LogP) is 3.70. The number of rotatable bonds is 11. The van der Waals surface area contributed by atoms with Crippen molar-refractivity contribution in [3.05, 3.63) is 63.9 Å². The molecule has 3 aliphatic rings. The average Bonchev–Trinajstić information content (AvgIpc) is 3.02. The molecule has 3 aliphatic carbocycles. The van der Waals surface area contributed by atoms with Crippen molar-refractivity contribution in [2.45, 2.75) is 76.6 Å². The Kier molecular flexibility index (Phi) is 9.54. The number of benzene rings is 2. The first-order chi connectivity index (χ1) is 22.3. The number of nitrogens with one attached hydrogen (secondary N) is 1. The normalized spacial score (nSPS) is 24.6. The van der Waals surface area contributed by atoms with E-state index in [2.05, 4.69) is 19.2 Å². The summed E-state index contributed by atoms with van der Waals surface area (Å²) >= 11 is 0. The number of carbonyl (C=O) groups is 3. The molecule has 0 heterocycles. The van der Waals surface area contributed by atoms with Crippen molar-refractivity contribution in [2.75, 3.05) is 21.2 Å². The highest BCUT2D eigenvalue weighted by Gasteiger charge is 2.64. The zero-order chi connectivity index (χ0) is 34.4. The molecule has 252 valence electrons. The van der Waals surface area contributed by atoms with Gasteiger partial charge in [-0.3, -0.25) is 19.3 Å². The number of aliphatic hydroxyl groups excluding tert-OH is 2. The van der Waals surface area contributed by atoms with E-state index in [9.17, 15) is 34.8 Å². The summed E-state index contributed by atoms with van der Waals surface area (Å²) in [6.07, 6.45) is 4.56. The smallest absolute Gasteiger partial charge is 0.255 e.